The van der Waals surface area contributed by atoms with Gasteiger partial charge in [0, 0.05) is 38.9 Å². The molecule has 1 aromatic carbocycles. The van der Waals surface area contributed by atoms with Crippen molar-refractivity contribution in [1.82, 2.24) is 20.0 Å². The molecule has 0 radical (unpaired) electrons. The number of hydrogen-bond acceptors (Lipinski definition) is 3. The molecule has 4 nitrogen and oxygen atoms in total. The first-order valence-electron chi connectivity index (χ1n) is 7.38. The Hall–Kier alpha value is -1.65. The summed E-state index contributed by atoms with van der Waals surface area (Å²) in [6.45, 7) is 9.22. The lowest BCUT2D eigenvalue weighted by Gasteiger charge is -2.34. The Labute approximate surface area is 120 Å². The zero-order valence-corrected chi connectivity index (χ0v) is 12.0. The average molecular weight is 270 g/mol. The van der Waals surface area contributed by atoms with Crippen LogP contribution in [0.25, 0.3) is 11.3 Å². The fourth-order valence-electron chi connectivity index (χ4n) is 2.73. The van der Waals surface area contributed by atoms with Crippen molar-refractivity contribution in [3.8, 4) is 11.3 Å². The Balaban J connectivity index is 1.59. The monoisotopic (exact) mass is 270 g/mol. The molecule has 0 amide bonds. The summed E-state index contributed by atoms with van der Waals surface area (Å²) in [5.41, 5.74) is 3.66. The van der Waals surface area contributed by atoms with Gasteiger partial charge in [0.25, 0.3) is 0 Å². The highest BCUT2D eigenvalue weighted by Gasteiger charge is 2.15. The summed E-state index contributed by atoms with van der Waals surface area (Å²) in [5.74, 6) is 0. The predicted molar refractivity (Wildman–Crippen MR) is 81.4 cm³/mol. The molecule has 20 heavy (non-hydrogen) atoms. The van der Waals surface area contributed by atoms with Crippen LogP contribution in [0.4, 0.5) is 0 Å². The molecule has 1 fully saturated rings. The summed E-state index contributed by atoms with van der Waals surface area (Å²) in [6.07, 6.45) is 1.79. The molecule has 0 atom stereocenters. The van der Waals surface area contributed by atoms with Crippen molar-refractivity contribution in [3.05, 3.63) is 42.1 Å². The second kappa shape index (κ2) is 6.20. The van der Waals surface area contributed by atoms with E-state index in [1.54, 1.807) is 6.20 Å². The minimum Gasteiger partial charge on any atom is -0.301 e. The van der Waals surface area contributed by atoms with Gasteiger partial charge in [0.05, 0.1) is 5.69 Å². The summed E-state index contributed by atoms with van der Waals surface area (Å²) in [5, 5.41) is 6.99. The Kier molecular flexibility index (Phi) is 4.14. The lowest BCUT2D eigenvalue weighted by Crippen LogP contribution is -2.45. The van der Waals surface area contributed by atoms with E-state index in [1.165, 1.54) is 43.9 Å². The first-order valence-corrected chi connectivity index (χ1v) is 7.38. The number of aromatic nitrogens is 2. The molecular weight excluding hydrogens is 248 g/mol. The van der Waals surface area contributed by atoms with Gasteiger partial charge in [-0.1, -0.05) is 31.2 Å². The van der Waals surface area contributed by atoms with Gasteiger partial charge in [-0.25, -0.2) is 0 Å². The van der Waals surface area contributed by atoms with Gasteiger partial charge in [0.2, 0.25) is 0 Å². The summed E-state index contributed by atoms with van der Waals surface area (Å²) >= 11 is 0. The maximum Gasteiger partial charge on any atom is 0.0650 e. The van der Waals surface area contributed by atoms with Gasteiger partial charge in [0.1, 0.15) is 0 Å². The Morgan fingerprint density at radius 3 is 2.30 bits per heavy atom. The first-order chi connectivity index (χ1) is 9.85. The second-order valence-corrected chi connectivity index (χ2v) is 5.38. The minimum absolute atomic E-state index is 1.06. The van der Waals surface area contributed by atoms with E-state index in [0.717, 1.165) is 12.2 Å². The van der Waals surface area contributed by atoms with Crippen LogP contribution < -0.4 is 0 Å². The molecule has 0 spiro atoms. The number of piperazine rings is 1. The fourth-order valence-corrected chi connectivity index (χ4v) is 2.73. The standard InChI is InChI=1S/C16H22N4/c1-2-19-9-11-20(12-10-19)13-14-3-5-15(6-4-14)16-7-8-17-18-16/h3-8H,2,9-13H2,1H3,(H,17,18). The molecule has 1 aromatic heterocycles. The zero-order valence-electron chi connectivity index (χ0n) is 12.0. The molecule has 4 heteroatoms. The molecule has 1 saturated heterocycles. The van der Waals surface area contributed by atoms with Gasteiger partial charge in [0.15, 0.2) is 0 Å². The minimum atomic E-state index is 1.06. The van der Waals surface area contributed by atoms with E-state index in [-0.39, 0.29) is 0 Å². The summed E-state index contributed by atoms with van der Waals surface area (Å²) in [7, 11) is 0. The normalized spacial score (nSPS) is 17.4. The molecule has 1 N–H and O–H groups in total. The second-order valence-electron chi connectivity index (χ2n) is 5.38. The maximum atomic E-state index is 3.99. The zero-order chi connectivity index (χ0) is 13.8. The van der Waals surface area contributed by atoms with Crippen molar-refractivity contribution in [2.75, 3.05) is 32.7 Å². The van der Waals surface area contributed by atoms with Crippen LogP contribution in [0.1, 0.15) is 12.5 Å². The van der Waals surface area contributed by atoms with E-state index < -0.39 is 0 Å². The number of nitrogens with zero attached hydrogens (tertiary/aromatic N) is 3. The fraction of sp³-hybridized carbons (Fsp3) is 0.438. The van der Waals surface area contributed by atoms with Gasteiger partial charge in [-0.2, -0.15) is 5.10 Å². The number of hydrogen-bond donors (Lipinski definition) is 1. The van der Waals surface area contributed by atoms with Crippen LogP contribution in [0.5, 0.6) is 0 Å². The Bertz CT molecular complexity index is 510. The van der Waals surface area contributed by atoms with Crippen LogP contribution in [0.2, 0.25) is 0 Å². The van der Waals surface area contributed by atoms with E-state index >= 15 is 0 Å². The van der Waals surface area contributed by atoms with Crippen molar-refractivity contribution in [2.45, 2.75) is 13.5 Å². The van der Waals surface area contributed by atoms with Crippen LogP contribution in [0.15, 0.2) is 36.5 Å². The van der Waals surface area contributed by atoms with Crippen molar-refractivity contribution < 1.29 is 0 Å². The molecule has 106 valence electrons. The van der Waals surface area contributed by atoms with Crippen LogP contribution >= 0.6 is 0 Å². The predicted octanol–water partition coefficient (Wildman–Crippen LogP) is 2.21. The molecule has 2 heterocycles. The van der Waals surface area contributed by atoms with Crippen molar-refractivity contribution >= 4 is 0 Å². The van der Waals surface area contributed by atoms with Gasteiger partial charge in [-0.15, -0.1) is 0 Å². The third kappa shape index (κ3) is 3.08. The van der Waals surface area contributed by atoms with E-state index in [0.29, 0.717) is 0 Å². The highest BCUT2D eigenvalue weighted by molar-refractivity contribution is 5.58. The molecule has 0 aliphatic carbocycles. The number of H-pyrrole nitrogens is 1. The first kappa shape index (κ1) is 13.3. The number of likely N-dealkylation sites (N-methyl/N-ethyl adjacent to an activating group) is 1. The topological polar surface area (TPSA) is 35.2 Å². The SMILES string of the molecule is CCN1CCN(Cc2ccc(-c3ccn[nH]3)cc2)CC1. The van der Waals surface area contributed by atoms with Gasteiger partial charge in [-0.05, 0) is 23.7 Å². The molecule has 1 aliphatic rings. The summed E-state index contributed by atoms with van der Waals surface area (Å²) < 4.78 is 0. The van der Waals surface area contributed by atoms with Gasteiger partial charge >= 0.3 is 0 Å². The maximum absolute atomic E-state index is 3.99. The Morgan fingerprint density at radius 1 is 1.00 bits per heavy atom. The largest absolute Gasteiger partial charge is 0.301 e. The molecule has 2 aromatic rings. The van der Waals surface area contributed by atoms with Crippen molar-refractivity contribution in [1.29, 1.82) is 0 Å². The van der Waals surface area contributed by atoms with Crippen molar-refractivity contribution in [3.63, 3.8) is 0 Å². The van der Waals surface area contributed by atoms with E-state index in [1.807, 2.05) is 6.07 Å². The van der Waals surface area contributed by atoms with Gasteiger partial charge < -0.3 is 4.90 Å². The molecule has 3 rings (SSSR count). The Morgan fingerprint density at radius 2 is 1.70 bits per heavy atom. The number of rotatable bonds is 4. The molecule has 0 saturated carbocycles. The summed E-state index contributed by atoms with van der Waals surface area (Å²) in [4.78, 5) is 5.05. The van der Waals surface area contributed by atoms with Crippen LogP contribution in [-0.4, -0.2) is 52.7 Å². The number of nitrogens with one attached hydrogen (secondary N) is 1. The molecule has 0 bridgehead atoms. The number of aromatic amines is 1. The lowest BCUT2D eigenvalue weighted by atomic mass is 10.1. The van der Waals surface area contributed by atoms with E-state index in [4.69, 9.17) is 0 Å². The van der Waals surface area contributed by atoms with Crippen LogP contribution in [0.3, 0.4) is 0 Å². The van der Waals surface area contributed by atoms with E-state index in [2.05, 4.69) is 51.2 Å². The number of benzene rings is 1. The highest BCUT2D eigenvalue weighted by atomic mass is 15.3. The van der Waals surface area contributed by atoms with E-state index in [9.17, 15) is 0 Å². The summed E-state index contributed by atoms with van der Waals surface area (Å²) in [6, 6.07) is 10.8. The van der Waals surface area contributed by atoms with Crippen LogP contribution in [0, 0.1) is 0 Å². The molecule has 1 aliphatic heterocycles. The average Bonchev–Trinajstić information content (AvgIpc) is 3.03. The molecule has 0 unspecified atom stereocenters. The van der Waals surface area contributed by atoms with Crippen LogP contribution in [-0.2, 0) is 6.54 Å². The van der Waals surface area contributed by atoms with Gasteiger partial charge in [-0.3, -0.25) is 10.00 Å². The highest BCUT2D eigenvalue weighted by Crippen LogP contribution is 2.17. The third-order valence-electron chi connectivity index (χ3n) is 4.08. The smallest absolute Gasteiger partial charge is 0.0650 e. The molecular formula is C16H22N4. The van der Waals surface area contributed by atoms with Crippen molar-refractivity contribution in [2.24, 2.45) is 0 Å². The quantitative estimate of drug-likeness (QED) is 0.925. The third-order valence-corrected chi connectivity index (χ3v) is 4.08. The lowest BCUT2D eigenvalue weighted by molar-refractivity contribution is 0.132.